The van der Waals surface area contributed by atoms with Crippen LogP contribution < -0.4 is 9.62 Å². The summed E-state index contributed by atoms with van der Waals surface area (Å²) in [6.07, 6.45) is 2.42. The Labute approximate surface area is 190 Å². The highest BCUT2D eigenvalue weighted by molar-refractivity contribution is 7.98. The number of benzene rings is 2. The molecule has 0 aliphatic carbocycles. The normalized spacial score (nSPS) is 15.7. The third kappa shape index (κ3) is 6.24. The molecule has 0 aromatic heterocycles. The summed E-state index contributed by atoms with van der Waals surface area (Å²) in [7, 11) is -3.77. The molecular weight excluding hydrogens is 430 g/mol. The Kier molecular flexibility index (Phi) is 8.02. The first-order valence-electron chi connectivity index (χ1n) is 10.5. The van der Waals surface area contributed by atoms with Gasteiger partial charge >= 0.3 is 0 Å². The van der Waals surface area contributed by atoms with Gasteiger partial charge in [-0.2, -0.15) is 16.5 Å². The van der Waals surface area contributed by atoms with Crippen LogP contribution in [0.5, 0.6) is 0 Å². The van der Waals surface area contributed by atoms with Crippen LogP contribution in [0.4, 0.5) is 5.69 Å². The molecule has 31 heavy (non-hydrogen) atoms. The van der Waals surface area contributed by atoms with Crippen molar-refractivity contribution >= 4 is 33.4 Å². The van der Waals surface area contributed by atoms with Crippen LogP contribution in [0, 0.1) is 13.8 Å². The van der Waals surface area contributed by atoms with Crippen molar-refractivity contribution in [3.63, 3.8) is 0 Å². The average Bonchev–Trinajstić information content (AvgIpc) is 2.76. The Balaban J connectivity index is 1.68. The van der Waals surface area contributed by atoms with Gasteiger partial charge in [-0.05, 0) is 62.1 Å². The first-order valence-corrected chi connectivity index (χ1v) is 13.4. The maximum Gasteiger partial charge on any atom is 0.241 e. The number of nitrogens with one attached hydrogen (secondary N) is 1. The Morgan fingerprint density at radius 3 is 2.32 bits per heavy atom. The Hall–Kier alpha value is -2.03. The van der Waals surface area contributed by atoms with Crippen LogP contribution in [-0.4, -0.2) is 63.5 Å². The predicted octanol–water partition coefficient (Wildman–Crippen LogP) is 3.05. The summed E-state index contributed by atoms with van der Waals surface area (Å²) in [5, 5.41) is 0. The minimum Gasteiger partial charge on any atom is -0.368 e. The second kappa shape index (κ2) is 10.5. The summed E-state index contributed by atoms with van der Waals surface area (Å²) >= 11 is 1.60. The zero-order valence-electron chi connectivity index (χ0n) is 18.4. The fraction of sp³-hybridized carbons (Fsp3) is 0.435. The second-order valence-electron chi connectivity index (χ2n) is 7.92. The molecule has 1 heterocycles. The molecule has 1 N–H and O–H groups in total. The second-order valence-corrected chi connectivity index (χ2v) is 10.6. The highest BCUT2D eigenvalue weighted by atomic mass is 32.2. The molecule has 1 atom stereocenters. The lowest BCUT2D eigenvalue weighted by molar-refractivity contribution is -0.133. The molecule has 2 aromatic carbocycles. The van der Waals surface area contributed by atoms with Gasteiger partial charge in [0.05, 0.1) is 4.90 Å². The molecule has 1 unspecified atom stereocenters. The number of amides is 1. The number of piperazine rings is 1. The van der Waals surface area contributed by atoms with E-state index in [9.17, 15) is 13.2 Å². The molecule has 0 bridgehead atoms. The van der Waals surface area contributed by atoms with Crippen molar-refractivity contribution in [2.75, 3.05) is 43.1 Å². The van der Waals surface area contributed by atoms with Crippen LogP contribution in [0.3, 0.4) is 0 Å². The number of carbonyl (C=O) groups is 1. The standard InChI is InChI=1S/C23H31N3O3S2/c1-18-7-9-21(10-8-18)31(28,29)24-22(11-16-30-3)23(27)26-14-12-25(13-15-26)20-6-4-5-19(2)17-20/h4-10,17,22,24H,11-16H2,1-3H3. The number of sulfonamides is 1. The van der Waals surface area contributed by atoms with Gasteiger partial charge in [0.1, 0.15) is 6.04 Å². The summed E-state index contributed by atoms with van der Waals surface area (Å²) < 4.78 is 28.4. The lowest BCUT2D eigenvalue weighted by Crippen LogP contribution is -2.55. The van der Waals surface area contributed by atoms with E-state index in [-0.39, 0.29) is 10.8 Å². The molecule has 1 amide bonds. The highest BCUT2D eigenvalue weighted by Crippen LogP contribution is 2.19. The Morgan fingerprint density at radius 2 is 1.71 bits per heavy atom. The van der Waals surface area contributed by atoms with Crippen LogP contribution in [0.1, 0.15) is 17.5 Å². The van der Waals surface area contributed by atoms with Crippen molar-refractivity contribution in [1.82, 2.24) is 9.62 Å². The monoisotopic (exact) mass is 461 g/mol. The Morgan fingerprint density at radius 1 is 1.03 bits per heavy atom. The van der Waals surface area contributed by atoms with Crippen molar-refractivity contribution in [3.8, 4) is 0 Å². The number of aryl methyl sites for hydroxylation is 2. The summed E-state index contributed by atoms with van der Waals surface area (Å²) in [6, 6.07) is 14.3. The molecule has 2 aromatic rings. The Bertz CT molecular complexity index is 985. The van der Waals surface area contributed by atoms with Crippen LogP contribution >= 0.6 is 11.8 Å². The van der Waals surface area contributed by atoms with Crippen molar-refractivity contribution in [1.29, 1.82) is 0 Å². The first kappa shape index (κ1) is 23.6. The minimum absolute atomic E-state index is 0.145. The summed E-state index contributed by atoms with van der Waals surface area (Å²) in [5.41, 5.74) is 3.35. The summed E-state index contributed by atoms with van der Waals surface area (Å²) in [5.74, 6) is 0.560. The van der Waals surface area contributed by atoms with Crippen LogP contribution in [0.25, 0.3) is 0 Å². The number of rotatable bonds is 8. The van der Waals surface area contributed by atoms with Gasteiger partial charge in [0.25, 0.3) is 0 Å². The summed E-state index contributed by atoms with van der Waals surface area (Å²) in [4.78, 5) is 17.5. The van der Waals surface area contributed by atoms with Crippen molar-refractivity contribution < 1.29 is 13.2 Å². The summed E-state index contributed by atoms with van der Waals surface area (Å²) in [6.45, 7) is 6.60. The molecule has 0 spiro atoms. The quantitative estimate of drug-likeness (QED) is 0.654. The maximum atomic E-state index is 13.2. The number of hydrogen-bond donors (Lipinski definition) is 1. The van der Waals surface area contributed by atoms with Crippen molar-refractivity contribution in [2.24, 2.45) is 0 Å². The fourth-order valence-electron chi connectivity index (χ4n) is 3.67. The van der Waals surface area contributed by atoms with Gasteiger partial charge in [0.2, 0.25) is 15.9 Å². The van der Waals surface area contributed by atoms with Gasteiger partial charge in [-0.3, -0.25) is 4.79 Å². The maximum absolute atomic E-state index is 13.2. The molecule has 1 aliphatic heterocycles. The van der Waals surface area contributed by atoms with Gasteiger partial charge < -0.3 is 9.80 Å². The zero-order chi connectivity index (χ0) is 22.4. The van der Waals surface area contributed by atoms with Crippen LogP contribution in [-0.2, 0) is 14.8 Å². The molecule has 8 heteroatoms. The van der Waals surface area contributed by atoms with E-state index in [1.54, 1.807) is 40.9 Å². The molecule has 0 radical (unpaired) electrons. The molecule has 6 nitrogen and oxygen atoms in total. The van der Waals surface area contributed by atoms with Crippen LogP contribution in [0.15, 0.2) is 53.4 Å². The minimum atomic E-state index is -3.77. The predicted molar refractivity (Wildman–Crippen MR) is 128 cm³/mol. The highest BCUT2D eigenvalue weighted by Gasteiger charge is 2.31. The van der Waals surface area contributed by atoms with E-state index in [1.165, 1.54) is 5.56 Å². The molecule has 1 fully saturated rings. The van der Waals surface area contributed by atoms with E-state index in [4.69, 9.17) is 0 Å². The molecule has 1 saturated heterocycles. The third-order valence-electron chi connectivity index (χ3n) is 5.50. The molecule has 168 valence electrons. The SMILES string of the molecule is CSCCC(NS(=O)(=O)c1ccc(C)cc1)C(=O)N1CCN(c2cccc(C)c2)CC1. The van der Waals surface area contributed by atoms with Gasteiger partial charge in [-0.1, -0.05) is 29.8 Å². The van der Waals surface area contributed by atoms with E-state index >= 15 is 0 Å². The largest absolute Gasteiger partial charge is 0.368 e. The number of carbonyl (C=O) groups excluding carboxylic acids is 1. The van der Waals surface area contributed by atoms with E-state index in [1.807, 2.05) is 19.2 Å². The number of hydrogen-bond acceptors (Lipinski definition) is 5. The fourth-order valence-corrected chi connectivity index (χ4v) is 5.37. The molecule has 0 saturated carbocycles. The number of thioether (sulfide) groups is 1. The zero-order valence-corrected chi connectivity index (χ0v) is 20.0. The van der Waals surface area contributed by atoms with Gasteiger partial charge in [-0.15, -0.1) is 0 Å². The lowest BCUT2D eigenvalue weighted by Gasteiger charge is -2.37. The number of anilines is 1. The molecule has 1 aliphatic rings. The number of nitrogens with zero attached hydrogens (tertiary/aromatic N) is 2. The molecule has 3 rings (SSSR count). The van der Waals surface area contributed by atoms with Gasteiger partial charge in [-0.25, -0.2) is 8.42 Å². The lowest BCUT2D eigenvalue weighted by atomic mass is 10.1. The van der Waals surface area contributed by atoms with Crippen LogP contribution in [0.2, 0.25) is 0 Å². The van der Waals surface area contributed by atoms with Gasteiger partial charge in [0, 0.05) is 31.9 Å². The van der Waals surface area contributed by atoms with Crippen molar-refractivity contribution in [2.45, 2.75) is 31.2 Å². The van der Waals surface area contributed by atoms with E-state index in [2.05, 4.69) is 34.7 Å². The van der Waals surface area contributed by atoms with Gasteiger partial charge in [0.15, 0.2) is 0 Å². The smallest absolute Gasteiger partial charge is 0.241 e. The molecular formula is C23H31N3O3S2. The van der Waals surface area contributed by atoms with Crippen molar-refractivity contribution in [3.05, 3.63) is 59.7 Å². The van der Waals surface area contributed by atoms with E-state index in [0.717, 1.165) is 24.3 Å². The first-order chi connectivity index (χ1) is 14.8. The average molecular weight is 462 g/mol. The third-order valence-corrected chi connectivity index (χ3v) is 7.63. The van der Waals surface area contributed by atoms with E-state index in [0.29, 0.717) is 25.3 Å². The topological polar surface area (TPSA) is 69.7 Å². The van der Waals surface area contributed by atoms with E-state index < -0.39 is 16.1 Å².